The zero-order valence-corrected chi connectivity index (χ0v) is 56.3. The lowest BCUT2D eigenvalue weighted by atomic mass is 9.99. The van der Waals surface area contributed by atoms with E-state index >= 15 is 0 Å². The van der Waals surface area contributed by atoms with Gasteiger partial charge in [-0.3, -0.25) is 37.3 Å². The maximum Gasteiger partial charge on any atom is 0.472 e. The first-order valence-corrected chi connectivity index (χ1v) is 36.7. The maximum absolute atomic E-state index is 13.0. The number of rotatable bonds is 62. The molecule has 0 bridgehead atoms. The van der Waals surface area contributed by atoms with Crippen LogP contribution < -0.4 is 0 Å². The fourth-order valence-corrected chi connectivity index (χ4v) is 11.2. The van der Waals surface area contributed by atoms with Gasteiger partial charge in [-0.05, 0) is 49.4 Å². The van der Waals surface area contributed by atoms with Gasteiger partial charge in [0.25, 0.3) is 0 Å². The molecule has 0 aromatic heterocycles. The van der Waals surface area contributed by atoms with Crippen molar-refractivity contribution < 1.29 is 80.2 Å². The fraction of sp³-hybridized carbons (Fsp3) is 0.938. The van der Waals surface area contributed by atoms with Gasteiger partial charge in [0.2, 0.25) is 0 Å². The number of esters is 4. The average molecular weight is 1240 g/mol. The molecule has 0 aliphatic heterocycles. The third-order valence-corrected chi connectivity index (χ3v) is 17.1. The molecule has 6 atom stereocenters. The van der Waals surface area contributed by atoms with Crippen molar-refractivity contribution in [3.63, 3.8) is 0 Å². The van der Waals surface area contributed by atoms with Gasteiger partial charge in [-0.2, -0.15) is 0 Å². The molecule has 0 rings (SSSR count). The predicted molar refractivity (Wildman–Crippen MR) is 335 cm³/mol. The van der Waals surface area contributed by atoms with Crippen LogP contribution in [0.1, 0.15) is 312 Å². The Morgan fingerprint density at radius 2 is 0.571 bits per heavy atom. The number of carbonyl (C=O) groups excluding carboxylic acids is 4. The van der Waals surface area contributed by atoms with Gasteiger partial charge < -0.3 is 33.8 Å². The van der Waals surface area contributed by atoms with Crippen LogP contribution in [0.5, 0.6) is 0 Å². The van der Waals surface area contributed by atoms with Gasteiger partial charge in [-0.25, -0.2) is 9.13 Å². The maximum atomic E-state index is 13.0. The second-order valence-electron chi connectivity index (χ2n) is 25.2. The van der Waals surface area contributed by atoms with E-state index in [9.17, 15) is 43.2 Å². The molecule has 0 aromatic carbocycles. The molecule has 0 saturated carbocycles. The van der Waals surface area contributed by atoms with E-state index in [-0.39, 0.29) is 25.7 Å². The van der Waals surface area contributed by atoms with Gasteiger partial charge in [0, 0.05) is 25.7 Å². The zero-order chi connectivity index (χ0) is 62.5. The lowest BCUT2D eigenvalue weighted by Gasteiger charge is -2.21. The standard InChI is InChI=1S/C65H126O17P2/c1-9-58(8)44-36-28-19-14-16-22-31-39-47-64(69)81-60(51-76-63(68)46-38-30-21-15-13-18-26-34-42-56(4)5)53-79-83(71,72)77-49-59(66)50-78-84(73,74)80-54-61(82-65(70)48-40-32-24-23-27-35-43-57(6)7)52-75-62(67)45-37-29-20-12-10-11-17-25-33-41-55(2)3/h55-61,66H,9-54H2,1-8H3,(H,71,72)(H,73,74)/t58?,59?,60-,61-/m1/s1. The minimum absolute atomic E-state index is 0.101. The van der Waals surface area contributed by atoms with Crippen LogP contribution in [0.15, 0.2) is 0 Å². The van der Waals surface area contributed by atoms with E-state index in [1.807, 2.05) is 0 Å². The Morgan fingerprint density at radius 1 is 0.333 bits per heavy atom. The van der Waals surface area contributed by atoms with E-state index in [0.29, 0.717) is 31.6 Å². The highest BCUT2D eigenvalue weighted by molar-refractivity contribution is 7.47. The Labute approximate surface area is 511 Å². The first kappa shape index (κ1) is 82.1. The van der Waals surface area contributed by atoms with Gasteiger partial charge >= 0.3 is 39.5 Å². The van der Waals surface area contributed by atoms with Crippen LogP contribution in [0.4, 0.5) is 0 Å². The number of hydrogen-bond acceptors (Lipinski definition) is 15. The van der Waals surface area contributed by atoms with Crippen LogP contribution >= 0.6 is 15.6 Å². The van der Waals surface area contributed by atoms with Crippen molar-refractivity contribution in [1.29, 1.82) is 0 Å². The Bertz CT molecular complexity index is 1680. The molecule has 0 aliphatic rings. The molecular weight excluding hydrogens is 1110 g/mol. The number of aliphatic hydroxyl groups excluding tert-OH is 1. The third kappa shape index (κ3) is 57.8. The summed E-state index contributed by atoms with van der Waals surface area (Å²) in [5.74, 6) is 0.767. The van der Waals surface area contributed by atoms with Crippen LogP contribution in [0.3, 0.4) is 0 Å². The number of hydrogen-bond donors (Lipinski definition) is 3. The third-order valence-electron chi connectivity index (χ3n) is 15.2. The highest BCUT2D eigenvalue weighted by Gasteiger charge is 2.30. The molecule has 498 valence electrons. The molecule has 0 saturated heterocycles. The number of carbonyl (C=O) groups is 4. The minimum atomic E-state index is -4.95. The van der Waals surface area contributed by atoms with Gasteiger partial charge in [0.05, 0.1) is 26.4 Å². The summed E-state index contributed by atoms with van der Waals surface area (Å²) in [5, 5.41) is 10.5. The first-order chi connectivity index (χ1) is 40.1. The molecule has 0 aliphatic carbocycles. The van der Waals surface area contributed by atoms with Crippen LogP contribution in [-0.4, -0.2) is 96.7 Å². The summed E-state index contributed by atoms with van der Waals surface area (Å²) in [6, 6.07) is 0. The quantitative estimate of drug-likeness (QED) is 0.0222. The second-order valence-corrected chi connectivity index (χ2v) is 28.1. The number of phosphoric ester groups is 2. The largest absolute Gasteiger partial charge is 0.472 e. The molecule has 0 aromatic rings. The van der Waals surface area contributed by atoms with Gasteiger partial charge in [-0.1, -0.05) is 261 Å². The Balaban J connectivity index is 5.25. The average Bonchev–Trinajstić information content (AvgIpc) is 3.58. The van der Waals surface area contributed by atoms with Crippen molar-refractivity contribution in [2.24, 2.45) is 23.7 Å². The summed E-state index contributed by atoms with van der Waals surface area (Å²) in [7, 11) is -9.89. The summed E-state index contributed by atoms with van der Waals surface area (Å²) in [5.41, 5.74) is 0. The fourth-order valence-electron chi connectivity index (χ4n) is 9.57. The topological polar surface area (TPSA) is 237 Å². The molecule has 3 N–H and O–H groups in total. The van der Waals surface area contributed by atoms with Gasteiger partial charge in [0.15, 0.2) is 12.2 Å². The van der Waals surface area contributed by atoms with E-state index in [1.165, 1.54) is 116 Å². The van der Waals surface area contributed by atoms with Crippen LogP contribution in [-0.2, 0) is 65.4 Å². The zero-order valence-electron chi connectivity index (χ0n) is 54.5. The summed E-state index contributed by atoms with van der Waals surface area (Å²) in [6.45, 7) is 14.0. The summed E-state index contributed by atoms with van der Waals surface area (Å²) < 4.78 is 68.0. The monoisotopic (exact) mass is 1240 g/mol. The molecule has 0 spiro atoms. The van der Waals surface area contributed by atoms with Crippen LogP contribution in [0.25, 0.3) is 0 Å². The van der Waals surface area contributed by atoms with E-state index in [2.05, 4.69) is 55.4 Å². The summed E-state index contributed by atoms with van der Waals surface area (Å²) in [6.07, 6.45) is 35.0. The second kappa shape index (κ2) is 55.2. The summed E-state index contributed by atoms with van der Waals surface area (Å²) in [4.78, 5) is 72.2. The predicted octanol–water partition coefficient (Wildman–Crippen LogP) is 17.8. The van der Waals surface area contributed by atoms with Crippen molar-refractivity contribution in [2.75, 3.05) is 39.6 Å². The molecular formula is C65H126O17P2. The smallest absolute Gasteiger partial charge is 0.462 e. The summed E-state index contributed by atoms with van der Waals surface area (Å²) >= 11 is 0. The normalized spacial score (nSPS) is 14.7. The molecule has 4 unspecified atom stereocenters. The van der Waals surface area contributed by atoms with Gasteiger partial charge in [0.1, 0.15) is 19.3 Å². The highest BCUT2D eigenvalue weighted by atomic mass is 31.2. The highest BCUT2D eigenvalue weighted by Crippen LogP contribution is 2.45. The number of unbranched alkanes of at least 4 members (excludes halogenated alkanes) is 27. The Kier molecular flexibility index (Phi) is 53.9. The van der Waals surface area contributed by atoms with Gasteiger partial charge in [-0.15, -0.1) is 0 Å². The van der Waals surface area contributed by atoms with Crippen molar-refractivity contribution >= 4 is 39.5 Å². The lowest BCUT2D eigenvalue weighted by Crippen LogP contribution is -2.30. The van der Waals surface area contributed by atoms with E-state index < -0.39 is 97.5 Å². The van der Waals surface area contributed by atoms with E-state index in [1.54, 1.807) is 0 Å². The Hall–Kier alpha value is -1.94. The number of ether oxygens (including phenoxy) is 4. The van der Waals surface area contributed by atoms with E-state index in [0.717, 1.165) is 108 Å². The molecule has 0 heterocycles. The molecule has 17 nitrogen and oxygen atoms in total. The first-order valence-electron chi connectivity index (χ1n) is 33.7. The molecule has 0 amide bonds. The molecule has 84 heavy (non-hydrogen) atoms. The SMILES string of the molecule is CCC(C)CCCCCCCCCCC(=O)O[C@H](COC(=O)CCCCCCCCCCC(C)C)COP(=O)(O)OCC(O)COP(=O)(O)OC[C@@H](COC(=O)CCCCCCCCCCCC(C)C)OC(=O)CCCCCCCCC(C)C. The number of aliphatic hydroxyl groups is 1. The molecule has 19 heteroatoms. The number of phosphoric acid groups is 2. The van der Waals surface area contributed by atoms with Crippen LogP contribution in [0.2, 0.25) is 0 Å². The molecule has 0 radical (unpaired) electrons. The van der Waals surface area contributed by atoms with Crippen molar-refractivity contribution in [3.05, 3.63) is 0 Å². The van der Waals surface area contributed by atoms with E-state index in [4.69, 9.17) is 37.0 Å². The molecule has 0 fully saturated rings. The van der Waals surface area contributed by atoms with Crippen molar-refractivity contribution in [2.45, 2.75) is 331 Å². The van der Waals surface area contributed by atoms with Crippen molar-refractivity contribution in [1.82, 2.24) is 0 Å². The van der Waals surface area contributed by atoms with Crippen molar-refractivity contribution in [3.8, 4) is 0 Å². The Morgan fingerprint density at radius 3 is 0.845 bits per heavy atom. The minimum Gasteiger partial charge on any atom is -0.462 e. The van der Waals surface area contributed by atoms with Crippen LogP contribution in [0, 0.1) is 23.7 Å². The lowest BCUT2D eigenvalue weighted by molar-refractivity contribution is -0.161.